The van der Waals surface area contributed by atoms with E-state index in [0.29, 0.717) is 10.0 Å². The maximum Gasteiger partial charge on any atom is 0.363 e. The van der Waals surface area contributed by atoms with E-state index in [0.717, 1.165) is 15.6 Å². The molecule has 3 rings (SSSR count). The van der Waals surface area contributed by atoms with E-state index < -0.39 is 5.97 Å². The number of carbonyl (C=O) groups excluding carboxylic acids is 1. The third-order valence-electron chi connectivity index (χ3n) is 3.18. The van der Waals surface area contributed by atoms with Gasteiger partial charge in [0, 0.05) is 20.6 Å². The summed E-state index contributed by atoms with van der Waals surface area (Å²) in [5, 5.41) is 1.07. The molecule has 0 unspecified atom stereocenters. The van der Waals surface area contributed by atoms with Crippen molar-refractivity contribution in [1.82, 2.24) is 0 Å². The SMILES string of the molecule is O=C1OC(/C=C/c2ccc(Cl)cc2Cl)=NC/1=C\c1ccc(Br)cc1. The van der Waals surface area contributed by atoms with Crippen LogP contribution < -0.4 is 0 Å². The standard InChI is InChI=1S/C18H10BrCl2NO2/c19-13-5-1-11(2-6-13)9-16-18(23)24-17(22-16)8-4-12-3-7-14(20)10-15(12)21/h1-10H/b8-4+,16-9-. The van der Waals surface area contributed by atoms with Crippen molar-refractivity contribution in [2.24, 2.45) is 4.99 Å². The molecule has 0 fully saturated rings. The quantitative estimate of drug-likeness (QED) is 0.465. The zero-order chi connectivity index (χ0) is 17.1. The van der Waals surface area contributed by atoms with Gasteiger partial charge >= 0.3 is 5.97 Å². The fraction of sp³-hybridized carbons (Fsp3) is 0. The third kappa shape index (κ3) is 4.15. The van der Waals surface area contributed by atoms with Crippen LogP contribution in [-0.4, -0.2) is 11.9 Å². The van der Waals surface area contributed by atoms with E-state index in [1.165, 1.54) is 0 Å². The minimum absolute atomic E-state index is 0.217. The first-order chi connectivity index (χ1) is 11.5. The van der Waals surface area contributed by atoms with Crippen molar-refractivity contribution in [3.63, 3.8) is 0 Å². The Bertz CT molecular complexity index is 886. The molecule has 120 valence electrons. The van der Waals surface area contributed by atoms with Gasteiger partial charge in [0.15, 0.2) is 5.70 Å². The van der Waals surface area contributed by atoms with E-state index >= 15 is 0 Å². The molecular weight excluding hydrogens is 413 g/mol. The zero-order valence-electron chi connectivity index (χ0n) is 12.2. The molecule has 0 bridgehead atoms. The summed E-state index contributed by atoms with van der Waals surface area (Å²) in [6.07, 6.45) is 4.98. The minimum Gasteiger partial charge on any atom is -0.403 e. The van der Waals surface area contributed by atoms with Crippen molar-refractivity contribution in [3.8, 4) is 0 Å². The van der Waals surface area contributed by atoms with Gasteiger partial charge in [-0.15, -0.1) is 0 Å². The summed E-state index contributed by atoms with van der Waals surface area (Å²) in [6, 6.07) is 12.7. The molecule has 1 aliphatic heterocycles. The maximum absolute atomic E-state index is 11.9. The van der Waals surface area contributed by atoms with Gasteiger partial charge in [-0.25, -0.2) is 9.79 Å². The molecule has 0 amide bonds. The van der Waals surface area contributed by atoms with Gasteiger partial charge in [0.1, 0.15) is 0 Å². The molecule has 0 N–H and O–H groups in total. The van der Waals surface area contributed by atoms with Crippen molar-refractivity contribution in [3.05, 3.63) is 79.9 Å². The highest BCUT2D eigenvalue weighted by Crippen LogP contribution is 2.23. The van der Waals surface area contributed by atoms with Crippen LogP contribution in [0.2, 0.25) is 10.0 Å². The molecule has 1 aliphatic rings. The Morgan fingerprint density at radius 3 is 2.50 bits per heavy atom. The van der Waals surface area contributed by atoms with E-state index in [-0.39, 0.29) is 11.6 Å². The van der Waals surface area contributed by atoms with E-state index in [1.807, 2.05) is 24.3 Å². The third-order valence-corrected chi connectivity index (χ3v) is 4.27. The molecule has 0 atom stereocenters. The summed E-state index contributed by atoms with van der Waals surface area (Å²) in [4.78, 5) is 16.1. The van der Waals surface area contributed by atoms with Crippen LogP contribution in [0.5, 0.6) is 0 Å². The molecule has 6 heteroatoms. The number of ether oxygens (including phenoxy) is 1. The predicted octanol–water partition coefficient (Wildman–Crippen LogP) is 5.77. The lowest BCUT2D eigenvalue weighted by Gasteiger charge is -1.98. The molecule has 3 nitrogen and oxygen atoms in total. The molecule has 0 aliphatic carbocycles. The van der Waals surface area contributed by atoms with Crippen molar-refractivity contribution >= 4 is 63.2 Å². The maximum atomic E-state index is 11.9. The molecule has 2 aromatic rings. The molecule has 1 heterocycles. The van der Waals surface area contributed by atoms with Crippen LogP contribution >= 0.6 is 39.1 Å². The molecule has 0 radical (unpaired) electrons. The topological polar surface area (TPSA) is 38.7 Å². The number of esters is 1. The van der Waals surface area contributed by atoms with Crippen LogP contribution in [0, 0.1) is 0 Å². The summed E-state index contributed by atoms with van der Waals surface area (Å²) < 4.78 is 6.10. The summed E-state index contributed by atoms with van der Waals surface area (Å²) in [5.74, 6) is -0.269. The Labute approximate surface area is 157 Å². The van der Waals surface area contributed by atoms with Crippen LogP contribution in [0.3, 0.4) is 0 Å². The summed E-state index contributed by atoms with van der Waals surface area (Å²) >= 11 is 15.3. The summed E-state index contributed by atoms with van der Waals surface area (Å²) in [7, 11) is 0. The van der Waals surface area contributed by atoms with E-state index in [9.17, 15) is 4.79 Å². The van der Waals surface area contributed by atoms with Crippen molar-refractivity contribution in [2.45, 2.75) is 0 Å². The van der Waals surface area contributed by atoms with Crippen LogP contribution in [0.1, 0.15) is 11.1 Å². The number of carbonyl (C=O) groups is 1. The minimum atomic E-state index is -0.486. The first kappa shape index (κ1) is 17.0. The van der Waals surface area contributed by atoms with Crippen molar-refractivity contribution in [2.75, 3.05) is 0 Å². The van der Waals surface area contributed by atoms with Gasteiger partial charge in [-0.3, -0.25) is 0 Å². The predicted molar refractivity (Wildman–Crippen MR) is 101 cm³/mol. The van der Waals surface area contributed by atoms with E-state index in [2.05, 4.69) is 20.9 Å². The summed E-state index contributed by atoms with van der Waals surface area (Å²) in [5.41, 5.74) is 1.87. The molecule has 2 aromatic carbocycles. The normalized spacial score (nSPS) is 15.9. The van der Waals surface area contributed by atoms with Gasteiger partial charge in [0.05, 0.1) is 0 Å². The highest BCUT2D eigenvalue weighted by Gasteiger charge is 2.21. The van der Waals surface area contributed by atoms with E-state index in [1.54, 1.807) is 36.4 Å². The van der Waals surface area contributed by atoms with Crippen LogP contribution in [0.15, 0.2) is 63.7 Å². The van der Waals surface area contributed by atoms with Gasteiger partial charge in [0.2, 0.25) is 5.90 Å². The van der Waals surface area contributed by atoms with Gasteiger partial charge in [-0.1, -0.05) is 57.3 Å². The number of benzene rings is 2. The largest absolute Gasteiger partial charge is 0.403 e. The lowest BCUT2D eigenvalue weighted by Crippen LogP contribution is -2.01. The first-order valence-electron chi connectivity index (χ1n) is 6.92. The molecule has 0 saturated heterocycles. The Kier molecular flexibility index (Phi) is 5.19. The summed E-state index contributed by atoms with van der Waals surface area (Å²) in [6.45, 7) is 0. The smallest absolute Gasteiger partial charge is 0.363 e. The number of hydrogen-bond acceptors (Lipinski definition) is 3. The zero-order valence-corrected chi connectivity index (χ0v) is 15.3. The molecule has 0 spiro atoms. The van der Waals surface area contributed by atoms with Crippen LogP contribution in [0.25, 0.3) is 12.2 Å². The second-order valence-corrected chi connectivity index (χ2v) is 6.68. The highest BCUT2D eigenvalue weighted by molar-refractivity contribution is 9.10. The first-order valence-corrected chi connectivity index (χ1v) is 8.47. The van der Waals surface area contributed by atoms with Crippen LogP contribution in [0.4, 0.5) is 0 Å². The van der Waals surface area contributed by atoms with Crippen molar-refractivity contribution < 1.29 is 9.53 Å². The lowest BCUT2D eigenvalue weighted by molar-refractivity contribution is -0.129. The van der Waals surface area contributed by atoms with Crippen molar-refractivity contribution in [1.29, 1.82) is 0 Å². The number of nitrogens with zero attached hydrogens (tertiary/aromatic N) is 1. The number of rotatable bonds is 3. The number of halogens is 3. The second kappa shape index (κ2) is 7.34. The average Bonchev–Trinajstić information content (AvgIpc) is 2.89. The number of aliphatic imine (C=N–C) groups is 1. The molecule has 0 aromatic heterocycles. The highest BCUT2D eigenvalue weighted by atomic mass is 79.9. The van der Waals surface area contributed by atoms with E-state index in [4.69, 9.17) is 27.9 Å². The molecular formula is C18H10BrCl2NO2. The number of hydrogen-bond donors (Lipinski definition) is 0. The fourth-order valence-corrected chi connectivity index (χ4v) is 2.75. The average molecular weight is 423 g/mol. The Morgan fingerprint density at radius 2 is 1.79 bits per heavy atom. The monoisotopic (exact) mass is 421 g/mol. The Hall–Kier alpha value is -1.88. The second-order valence-electron chi connectivity index (χ2n) is 4.92. The lowest BCUT2D eigenvalue weighted by atomic mass is 10.2. The molecule has 0 saturated carbocycles. The van der Waals surface area contributed by atoms with Gasteiger partial charge in [-0.2, -0.15) is 0 Å². The molecule has 24 heavy (non-hydrogen) atoms. The fourth-order valence-electron chi connectivity index (χ4n) is 2.01. The number of cyclic esters (lactones) is 1. The van der Waals surface area contributed by atoms with Crippen LogP contribution in [-0.2, 0) is 9.53 Å². The van der Waals surface area contributed by atoms with Gasteiger partial charge < -0.3 is 4.74 Å². The van der Waals surface area contributed by atoms with Gasteiger partial charge in [0.25, 0.3) is 0 Å². The van der Waals surface area contributed by atoms with Gasteiger partial charge in [-0.05, 0) is 47.5 Å². The Balaban J connectivity index is 1.81. The Morgan fingerprint density at radius 1 is 1.04 bits per heavy atom.